The summed E-state index contributed by atoms with van der Waals surface area (Å²) in [7, 11) is -4.14. The Morgan fingerprint density at radius 3 is 2.17 bits per heavy atom. The summed E-state index contributed by atoms with van der Waals surface area (Å²) in [5.41, 5.74) is -1.41. The summed E-state index contributed by atoms with van der Waals surface area (Å²) in [6.07, 6.45) is 2.30. The quantitative estimate of drug-likeness (QED) is 0.209. The van der Waals surface area contributed by atoms with Gasteiger partial charge in [-0.15, -0.1) is 0 Å². The Morgan fingerprint density at radius 2 is 1.57 bits per heavy atom. The van der Waals surface area contributed by atoms with E-state index in [1.165, 1.54) is 47.8 Å². The van der Waals surface area contributed by atoms with Crippen molar-refractivity contribution in [2.24, 2.45) is 16.3 Å². The SMILES string of the molecule is O=C(CCC1CCC1)C1(Cc2ccccc2)CN=C(C23CC(N(Cc4ccc(C(F)(F)F)cc4)S(=O)(=O)c4ccc(F)cc4)(C2)C3)N1. The number of nitrogens with one attached hydrogen (secondary N) is 1. The highest BCUT2D eigenvalue weighted by atomic mass is 32.2. The molecule has 47 heavy (non-hydrogen) atoms. The fraction of sp³-hybridized carbons (Fsp3) is 0.444. The number of hydrogen-bond donors (Lipinski definition) is 1. The number of ketones is 1. The van der Waals surface area contributed by atoms with Crippen LogP contribution < -0.4 is 5.32 Å². The lowest BCUT2D eigenvalue weighted by molar-refractivity contribution is -0.151. The number of benzene rings is 3. The van der Waals surface area contributed by atoms with Crippen LogP contribution in [0.3, 0.4) is 0 Å². The number of sulfonamides is 1. The summed E-state index contributed by atoms with van der Waals surface area (Å²) in [6, 6.07) is 19.0. The van der Waals surface area contributed by atoms with Gasteiger partial charge in [-0.25, -0.2) is 12.8 Å². The molecule has 6 nitrogen and oxygen atoms in total. The molecule has 0 spiro atoms. The number of amidine groups is 1. The van der Waals surface area contributed by atoms with Gasteiger partial charge in [-0.3, -0.25) is 9.79 Å². The molecule has 248 valence electrons. The van der Waals surface area contributed by atoms with E-state index in [1.54, 1.807) is 0 Å². The van der Waals surface area contributed by atoms with Crippen molar-refractivity contribution in [1.29, 1.82) is 0 Å². The maximum absolute atomic E-state index is 14.0. The topological polar surface area (TPSA) is 78.8 Å². The maximum atomic E-state index is 14.0. The van der Waals surface area contributed by atoms with E-state index in [-0.39, 0.29) is 17.2 Å². The predicted molar refractivity (Wildman–Crippen MR) is 169 cm³/mol. The van der Waals surface area contributed by atoms with Crippen LogP contribution in [0.25, 0.3) is 0 Å². The summed E-state index contributed by atoms with van der Waals surface area (Å²) in [5.74, 6) is 0.914. The molecule has 1 heterocycles. The van der Waals surface area contributed by atoms with Crippen LogP contribution in [0.4, 0.5) is 17.6 Å². The van der Waals surface area contributed by atoms with Gasteiger partial charge in [-0.2, -0.15) is 17.5 Å². The normalized spacial score (nSPS) is 27.0. The summed E-state index contributed by atoms with van der Waals surface area (Å²) in [6.45, 7) is 0.185. The van der Waals surface area contributed by atoms with Crippen LogP contribution in [0.15, 0.2) is 88.8 Å². The van der Waals surface area contributed by atoms with Crippen LogP contribution in [0.5, 0.6) is 0 Å². The number of rotatable bonds is 12. The third-order valence-electron chi connectivity index (χ3n) is 10.8. The first-order valence-corrected chi connectivity index (χ1v) is 17.6. The Labute approximate surface area is 272 Å². The Balaban J connectivity index is 1.12. The minimum Gasteiger partial charge on any atom is -0.359 e. The number of nitrogens with zero attached hydrogens (tertiary/aromatic N) is 2. The molecule has 3 aromatic rings. The molecule has 0 amide bonds. The highest BCUT2D eigenvalue weighted by Crippen LogP contribution is 2.71. The Kier molecular flexibility index (Phi) is 7.86. The first kappa shape index (κ1) is 32.0. The average molecular weight is 668 g/mol. The van der Waals surface area contributed by atoms with E-state index >= 15 is 0 Å². The van der Waals surface area contributed by atoms with Gasteiger partial charge in [0.05, 0.1) is 17.0 Å². The second-order valence-electron chi connectivity index (χ2n) is 14.0. The number of carbonyl (C=O) groups is 1. The van der Waals surface area contributed by atoms with E-state index in [2.05, 4.69) is 5.32 Å². The first-order valence-electron chi connectivity index (χ1n) is 16.2. The number of alkyl halides is 3. The highest BCUT2D eigenvalue weighted by Gasteiger charge is 2.75. The smallest absolute Gasteiger partial charge is 0.359 e. The standard InChI is InChI=1S/C36H37F4N3O3S/c37-29-14-16-30(17-15-29)47(45,46)43(20-27-9-12-28(13-10-27)36(38,39)40)34-21-33(22-34,23-34)32-41-24-35(42-32,19-26-5-2-1-3-6-26)31(44)18-11-25-7-4-8-25/h1-3,5-6,9-10,12-17,25H,4,7-8,11,18-24H2,(H,41,42). The van der Waals surface area contributed by atoms with Gasteiger partial charge < -0.3 is 5.32 Å². The lowest BCUT2D eigenvalue weighted by atomic mass is 9.38. The van der Waals surface area contributed by atoms with Crippen molar-refractivity contribution < 1.29 is 30.8 Å². The molecule has 2 bridgehead atoms. The van der Waals surface area contributed by atoms with Gasteiger partial charge in [0, 0.05) is 30.3 Å². The van der Waals surface area contributed by atoms with Crippen molar-refractivity contribution in [3.05, 3.63) is 101 Å². The zero-order chi connectivity index (χ0) is 33.1. The molecule has 0 radical (unpaired) electrons. The molecular weight excluding hydrogens is 630 g/mol. The molecule has 4 fully saturated rings. The van der Waals surface area contributed by atoms with Crippen LogP contribution in [-0.4, -0.2) is 42.0 Å². The monoisotopic (exact) mass is 667 g/mol. The molecule has 1 atom stereocenters. The number of halogens is 4. The molecule has 1 N–H and O–H groups in total. The molecule has 1 aliphatic heterocycles. The second-order valence-corrected chi connectivity index (χ2v) is 15.9. The van der Waals surface area contributed by atoms with Gasteiger partial charge in [0.2, 0.25) is 10.0 Å². The molecule has 5 aliphatic rings. The van der Waals surface area contributed by atoms with Crippen LogP contribution >= 0.6 is 0 Å². The van der Waals surface area contributed by atoms with E-state index < -0.39 is 44.1 Å². The van der Waals surface area contributed by atoms with Crippen molar-refractivity contribution in [3.63, 3.8) is 0 Å². The van der Waals surface area contributed by atoms with Crippen molar-refractivity contribution in [2.75, 3.05) is 6.54 Å². The molecule has 0 aromatic heterocycles. The zero-order valence-corrected chi connectivity index (χ0v) is 26.7. The van der Waals surface area contributed by atoms with Gasteiger partial charge in [0.15, 0.2) is 5.78 Å². The van der Waals surface area contributed by atoms with Crippen LogP contribution in [0.1, 0.15) is 68.1 Å². The third-order valence-corrected chi connectivity index (χ3v) is 12.8. The van der Waals surface area contributed by atoms with Crippen LogP contribution in [-0.2, 0) is 34.0 Å². The molecule has 4 saturated carbocycles. The molecule has 8 rings (SSSR count). The van der Waals surface area contributed by atoms with E-state index in [9.17, 15) is 30.8 Å². The second kappa shape index (κ2) is 11.5. The molecule has 0 saturated heterocycles. The molecule has 3 aromatic carbocycles. The van der Waals surface area contributed by atoms with Gasteiger partial charge >= 0.3 is 6.18 Å². The van der Waals surface area contributed by atoms with Gasteiger partial charge in [0.1, 0.15) is 17.2 Å². The van der Waals surface area contributed by atoms with Crippen LogP contribution in [0, 0.1) is 17.2 Å². The summed E-state index contributed by atoms with van der Waals surface area (Å²) in [4.78, 5) is 18.7. The maximum Gasteiger partial charge on any atom is 0.416 e. The minimum atomic E-state index is -4.51. The number of Topliss-reactive ketones (excluding diaryl/α,β-unsaturated/α-hetero) is 1. The predicted octanol–water partition coefficient (Wildman–Crippen LogP) is 7.09. The van der Waals surface area contributed by atoms with E-state index in [0.717, 1.165) is 42.1 Å². The highest BCUT2D eigenvalue weighted by molar-refractivity contribution is 7.89. The third kappa shape index (κ3) is 5.79. The van der Waals surface area contributed by atoms with Crippen molar-refractivity contribution >= 4 is 21.6 Å². The minimum absolute atomic E-state index is 0.0835. The van der Waals surface area contributed by atoms with Crippen molar-refractivity contribution in [2.45, 2.75) is 86.5 Å². The first-order chi connectivity index (χ1) is 22.3. The summed E-state index contributed by atoms with van der Waals surface area (Å²) >= 11 is 0. The van der Waals surface area contributed by atoms with Gasteiger partial charge in [-0.1, -0.05) is 61.7 Å². The number of aliphatic imine (C=N–C) groups is 1. The largest absolute Gasteiger partial charge is 0.416 e. The van der Waals surface area contributed by atoms with Gasteiger partial charge in [0.25, 0.3) is 0 Å². The fourth-order valence-corrected chi connectivity index (χ4v) is 9.69. The molecule has 1 unspecified atom stereocenters. The Hall–Kier alpha value is -3.57. The number of carbonyl (C=O) groups excluding carboxylic acids is 1. The molecular formula is C36H37F4N3O3S. The molecule has 11 heteroatoms. The Bertz CT molecular complexity index is 1770. The van der Waals surface area contributed by atoms with E-state index in [1.807, 2.05) is 30.3 Å². The van der Waals surface area contributed by atoms with Crippen LogP contribution in [0.2, 0.25) is 0 Å². The van der Waals surface area contributed by atoms with Crippen molar-refractivity contribution in [3.8, 4) is 0 Å². The Morgan fingerprint density at radius 1 is 0.915 bits per heavy atom. The fourth-order valence-electron chi connectivity index (χ4n) is 7.93. The van der Waals surface area contributed by atoms with Crippen molar-refractivity contribution in [1.82, 2.24) is 9.62 Å². The van der Waals surface area contributed by atoms with Gasteiger partial charge in [-0.05, 0) is 79.1 Å². The average Bonchev–Trinajstić information content (AvgIpc) is 3.39. The van der Waals surface area contributed by atoms with E-state index in [4.69, 9.17) is 4.99 Å². The van der Waals surface area contributed by atoms with E-state index in [0.29, 0.717) is 50.1 Å². The molecule has 4 aliphatic carbocycles. The summed E-state index contributed by atoms with van der Waals surface area (Å²) < 4.78 is 82.9. The lowest BCUT2D eigenvalue weighted by Gasteiger charge is -2.73. The lowest BCUT2D eigenvalue weighted by Crippen LogP contribution is -2.79. The zero-order valence-electron chi connectivity index (χ0n) is 25.9. The summed E-state index contributed by atoms with van der Waals surface area (Å²) in [5, 5.41) is 3.58. The number of hydrogen-bond acceptors (Lipinski definition) is 5.